The third-order valence-electron chi connectivity index (χ3n) is 7.41. The topological polar surface area (TPSA) is 76.2 Å². The first kappa shape index (κ1) is 30.1. The molecule has 7 nitrogen and oxygen atoms in total. The second-order valence-corrected chi connectivity index (χ2v) is 11.6. The molecule has 5 aromatic carbocycles. The van der Waals surface area contributed by atoms with E-state index in [2.05, 4.69) is 15.9 Å². The number of carbonyl (C=O) groups excluding carboxylic acids is 3. The van der Waals surface area contributed by atoms with Gasteiger partial charge in [-0.15, -0.1) is 0 Å². The summed E-state index contributed by atoms with van der Waals surface area (Å²) in [5.41, 5.74) is 2.68. The van der Waals surface area contributed by atoms with Crippen LogP contribution < -0.4 is 19.3 Å². The number of methoxy groups -OCH3 is 1. The number of ether oxygens (including phenoxy) is 2. The first-order valence-electron chi connectivity index (χ1n) is 14.0. The molecule has 1 aliphatic rings. The molecule has 0 saturated carbocycles. The number of nitrogens with zero attached hydrogens (tertiary/aromatic N) is 2. The molecular formula is C36H26BrClN2O5. The Hall–Kier alpha value is -4.92. The van der Waals surface area contributed by atoms with Gasteiger partial charge in [0, 0.05) is 16.0 Å². The number of carbonyl (C=O) groups is 3. The molecule has 0 bridgehead atoms. The number of aryl methyl sites for hydroxylation is 1. The molecule has 0 aliphatic carbocycles. The normalized spacial score (nSPS) is 14.4. The van der Waals surface area contributed by atoms with Gasteiger partial charge in [0.1, 0.15) is 12.2 Å². The van der Waals surface area contributed by atoms with Crippen molar-refractivity contribution in [1.29, 1.82) is 0 Å². The molecule has 1 heterocycles. The highest BCUT2D eigenvalue weighted by atomic mass is 79.9. The van der Waals surface area contributed by atoms with E-state index in [9.17, 15) is 14.4 Å². The number of fused-ring (bicyclic) bond motifs is 1. The Kier molecular flexibility index (Phi) is 8.43. The fraction of sp³-hybridized carbons (Fsp3) is 0.0833. The Morgan fingerprint density at radius 2 is 1.53 bits per heavy atom. The predicted molar refractivity (Wildman–Crippen MR) is 180 cm³/mol. The van der Waals surface area contributed by atoms with E-state index in [0.29, 0.717) is 43.3 Å². The van der Waals surface area contributed by atoms with Crippen molar-refractivity contribution >= 4 is 73.6 Å². The van der Waals surface area contributed by atoms with Gasteiger partial charge in [0.2, 0.25) is 0 Å². The number of barbiturate groups is 1. The molecule has 0 aromatic heterocycles. The molecule has 6 rings (SSSR count). The van der Waals surface area contributed by atoms with Crippen LogP contribution in [0.25, 0.3) is 16.8 Å². The molecule has 0 spiro atoms. The SMILES string of the molecule is COc1cc(/C=C2\C(=O)N(c3cccc(C)c3)C(=O)N(c3cccc4ccccc34)C2=O)cc(Br)c1OCc1ccccc1Cl. The van der Waals surface area contributed by atoms with Crippen LogP contribution >= 0.6 is 27.5 Å². The summed E-state index contributed by atoms with van der Waals surface area (Å²) in [5, 5.41) is 2.12. The Balaban J connectivity index is 1.45. The van der Waals surface area contributed by atoms with E-state index in [1.165, 1.54) is 13.2 Å². The van der Waals surface area contributed by atoms with Gasteiger partial charge in [0.15, 0.2) is 11.5 Å². The molecule has 45 heavy (non-hydrogen) atoms. The Labute approximate surface area is 273 Å². The van der Waals surface area contributed by atoms with Crippen molar-refractivity contribution in [3.8, 4) is 11.5 Å². The summed E-state index contributed by atoms with van der Waals surface area (Å²) in [5.74, 6) is -0.674. The molecule has 9 heteroatoms. The largest absolute Gasteiger partial charge is 0.493 e. The first-order chi connectivity index (χ1) is 21.8. The molecule has 0 N–H and O–H groups in total. The summed E-state index contributed by atoms with van der Waals surface area (Å²) in [6.45, 7) is 2.06. The smallest absolute Gasteiger partial charge is 0.343 e. The van der Waals surface area contributed by atoms with Crippen LogP contribution in [0.5, 0.6) is 11.5 Å². The minimum atomic E-state index is -0.758. The maximum atomic E-state index is 14.1. The summed E-state index contributed by atoms with van der Waals surface area (Å²) in [4.78, 5) is 44.3. The zero-order valence-corrected chi connectivity index (χ0v) is 26.6. The van der Waals surface area contributed by atoms with Crippen LogP contribution in [0.3, 0.4) is 0 Å². The lowest BCUT2D eigenvalue weighted by molar-refractivity contribution is -0.121. The highest BCUT2D eigenvalue weighted by Crippen LogP contribution is 2.39. The second kappa shape index (κ2) is 12.6. The predicted octanol–water partition coefficient (Wildman–Crippen LogP) is 8.74. The van der Waals surface area contributed by atoms with E-state index in [-0.39, 0.29) is 12.2 Å². The number of urea groups is 1. The van der Waals surface area contributed by atoms with Gasteiger partial charge in [0.05, 0.1) is 23.0 Å². The maximum absolute atomic E-state index is 14.1. The molecule has 0 atom stereocenters. The molecule has 224 valence electrons. The molecule has 1 saturated heterocycles. The molecule has 1 aliphatic heterocycles. The molecular weight excluding hydrogens is 656 g/mol. The minimum Gasteiger partial charge on any atom is -0.493 e. The van der Waals surface area contributed by atoms with E-state index < -0.39 is 17.8 Å². The van der Waals surface area contributed by atoms with Gasteiger partial charge in [-0.05, 0) is 81.8 Å². The fourth-order valence-electron chi connectivity index (χ4n) is 5.24. The summed E-state index contributed by atoms with van der Waals surface area (Å²) >= 11 is 9.86. The van der Waals surface area contributed by atoms with E-state index in [1.54, 1.807) is 48.5 Å². The number of hydrogen-bond donors (Lipinski definition) is 0. The molecule has 4 amide bonds. The summed E-state index contributed by atoms with van der Waals surface area (Å²) in [6, 6.07) is 29.8. The number of rotatable bonds is 7. The maximum Gasteiger partial charge on any atom is 0.343 e. The zero-order chi connectivity index (χ0) is 31.7. The standard InChI is InChI=1S/C36H26BrClN2O5/c1-22-9-7-13-26(17-22)39-34(41)28(35(42)40(36(39)43)31-16-8-12-24-10-3-5-14-27(24)31)18-23-19-29(37)33(32(20-23)44-2)45-21-25-11-4-6-15-30(25)38/h3-20H,21H2,1-2H3/b28-18+. The average molecular weight is 682 g/mol. The third-order valence-corrected chi connectivity index (χ3v) is 8.37. The lowest BCUT2D eigenvalue weighted by atomic mass is 10.0. The number of amides is 4. The fourth-order valence-corrected chi connectivity index (χ4v) is 6.00. The van der Waals surface area contributed by atoms with Crippen molar-refractivity contribution in [2.45, 2.75) is 13.5 Å². The monoisotopic (exact) mass is 680 g/mol. The van der Waals surface area contributed by atoms with Crippen LogP contribution in [-0.2, 0) is 16.2 Å². The van der Waals surface area contributed by atoms with Crippen LogP contribution in [0.2, 0.25) is 5.02 Å². The van der Waals surface area contributed by atoms with Crippen LogP contribution in [0.4, 0.5) is 16.2 Å². The number of imide groups is 2. The van der Waals surface area contributed by atoms with E-state index in [1.807, 2.05) is 61.5 Å². The van der Waals surface area contributed by atoms with E-state index in [4.69, 9.17) is 21.1 Å². The van der Waals surface area contributed by atoms with E-state index in [0.717, 1.165) is 26.3 Å². The lowest BCUT2D eigenvalue weighted by Gasteiger charge is -2.34. The highest BCUT2D eigenvalue weighted by molar-refractivity contribution is 9.10. The molecule has 5 aromatic rings. The summed E-state index contributed by atoms with van der Waals surface area (Å²) in [6.07, 6.45) is 1.46. The number of benzene rings is 5. The van der Waals surface area contributed by atoms with Crippen LogP contribution in [0.1, 0.15) is 16.7 Å². The van der Waals surface area contributed by atoms with Gasteiger partial charge in [-0.25, -0.2) is 14.6 Å². The van der Waals surface area contributed by atoms with Crippen LogP contribution in [0, 0.1) is 6.92 Å². The van der Waals surface area contributed by atoms with Crippen LogP contribution in [-0.4, -0.2) is 25.0 Å². The zero-order valence-electron chi connectivity index (χ0n) is 24.3. The van der Waals surface area contributed by atoms with Gasteiger partial charge in [0.25, 0.3) is 11.8 Å². The first-order valence-corrected chi connectivity index (χ1v) is 15.2. The van der Waals surface area contributed by atoms with Crippen molar-refractivity contribution < 1.29 is 23.9 Å². The van der Waals surface area contributed by atoms with Gasteiger partial charge in [-0.2, -0.15) is 0 Å². The Bertz CT molecular complexity index is 2020. The summed E-state index contributed by atoms with van der Waals surface area (Å²) < 4.78 is 12.2. The van der Waals surface area contributed by atoms with Crippen molar-refractivity contribution in [3.63, 3.8) is 0 Å². The van der Waals surface area contributed by atoms with Crippen molar-refractivity contribution in [2.24, 2.45) is 0 Å². The quantitative estimate of drug-likeness (QED) is 0.127. The number of halogens is 2. The average Bonchev–Trinajstić information content (AvgIpc) is 3.03. The van der Waals surface area contributed by atoms with Crippen molar-refractivity contribution in [3.05, 3.63) is 135 Å². The van der Waals surface area contributed by atoms with Crippen molar-refractivity contribution in [2.75, 3.05) is 16.9 Å². The Morgan fingerprint density at radius 3 is 2.31 bits per heavy atom. The minimum absolute atomic E-state index is 0.192. The van der Waals surface area contributed by atoms with Gasteiger partial charge in [-0.3, -0.25) is 9.59 Å². The third kappa shape index (κ3) is 5.82. The van der Waals surface area contributed by atoms with Crippen molar-refractivity contribution in [1.82, 2.24) is 0 Å². The van der Waals surface area contributed by atoms with Gasteiger partial charge < -0.3 is 9.47 Å². The lowest BCUT2D eigenvalue weighted by Crippen LogP contribution is -2.57. The van der Waals surface area contributed by atoms with E-state index >= 15 is 0 Å². The second-order valence-electron chi connectivity index (χ2n) is 10.4. The summed E-state index contributed by atoms with van der Waals surface area (Å²) in [7, 11) is 1.50. The molecule has 0 unspecified atom stereocenters. The van der Waals surface area contributed by atoms with Gasteiger partial charge >= 0.3 is 6.03 Å². The van der Waals surface area contributed by atoms with Crippen LogP contribution in [0.15, 0.2) is 113 Å². The number of hydrogen-bond acceptors (Lipinski definition) is 5. The molecule has 1 fully saturated rings. The number of anilines is 2. The highest BCUT2D eigenvalue weighted by Gasteiger charge is 2.44. The molecule has 0 radical (unpaired) electrons. The Morgan fingerprint density at radius 1 is 0.822 bits per heavy atom. The van der Waals surface area contributed by atoms with Gasteiger partial charge in [-0.1, -0.05) is 78.3 Å².